The number of thiazole rings is 1. The van der Waals surface area contributed by atoms with Gasteiger partial charge in [0.1, 0.15) is 0 Å². The number of nitrogens with zero attached hydrogens (tertiary/aromatic N) is 5. The van der Waals surface area contributed by atoms with E-state index in [9.17, 15) is 9.59 Å². The maximum atomic E-state index is 12.7. The van der Waals surface area contributed by atoms with Crippen LogP contribution < -0.4 is 4.87 Å². The predicted octanol–water partition coefficient (Wildman–Crippen LogP) is 4.05. The van der Waals surface area contributed by atoms with E-state index in [1.165, 1.54) is 35.1 Å². The van der Waals surface area contributed by atoms with Crippen molar-refractivity contribution in [2.24, 2.45) is 0 Å². The van der Waals surface area contributed by atoms with Gasteiger partial charge in [-0.2, -0.15) is 0 Å². The van der Waals surface area contributed by atoms with Crippen molar-refractivity contribution >= 4 is 39.2 Å². The third kappa shape index (κ3) is 5.10. The van der Waals surface area contributed by atoms with Crippen molar-refractivity contribution < 1.29 is 4.79 Å². The zero-order valence-corrected chi connectivity index (χ0v) is 20.6. The zero-order chi connectivity index (χ0) is 23.3. The number of amides is 1. The number of benzene rings is 2. The first kappa shape index (κ1) is 22.9. The molecule has 1 amide bonds. The van der Waals surface area contributed by atoms with Gasteiger partial charge in [-0.25, -0.2) is 0 Å². The molecule has 0 spiro atoms. The number of fused-ring (bicyclic) bond motifs is 1. The largest absolute Gasteiger partial charge is 0.342 e. The molecule has 0 radical (unpaired) electrons. The monoisotopic (exact) mass is 493 g/mol. The van der Waals surface area contributed by atoms with E-state index in [4.69, 9.17) is 0 Å². The number of aryl methyl sites for hydroxylation is 1. The summed E-state index contributed by atoms with van der Waals surface area (Å²) in [6.45, 7) is 2.73. The van der Waals surface area contributed by atoms with Gasteiger partial charge in [0.2, 0.25) is 5.91 Å². The maximum Gasteiger partial charge on any atom is 0.308 e. The van der Waals surface area contributed by atoms with Crippen LogP contribution in [0.5, 0.6) is 0 Å². The summed E-state index contributed by atoms with van der Waals surface area (Å²) >= 11 is 2.68. The van der Waals surface area contributed by atoms with Crippen LogP contribution in [-0.4, -0.2) is 49.0 Å². The lowest BCUT2D eigenvalue weighted by molar-refractivity contribution is -0.129. The summed E-state index contributed by atoms with van der Waals surface area (Å²) in [6, 6.07) is 18.1. The van der Waals surface area contributed by atoms with Crippen LogP contribution >= 0.6 is 23.1 Å². The van der Waals surface area contributed by atoms with Gasteiger partial charge in [-0.05, 0) is 43.4 Å². The van der Waals surface area contributed by atoms with Crippen LogP contribution in [0.15, 0.2) is 64.5 Å². The van der Waals surface area contributed by atoms with Gasteiger partial charge in [0.25, 0.3) is 0 Å². The second-order valence-electron chi connectivity index (χ2n) is 8.44. The highest BCUT2D eigenvalue weighted by Crippen LogP contribution is 2.22. The van der Waals surface area contributed by atoms with Gasteiger partial charge in [0.05, 0.1) is 22.5 Å². The maximum absolute atomic E-state index is 12.7. The summed E-state index contributed by atoms with van der Waals surface area (Å²) in [7, 11) is 0. The molecule has 3 heterocycles. The molecule has 0 aliphatic carbocycles. The van der Waals surface area contributed by atoms with Crippen LogP contribution in [0, 0.1) is 0 Å². The Morgan fingerprint density at radius 3 is 2.53 bits per heavy atom. The number of thioether (sulfide) groups is 1. The van der Waals surface area contributed by atoms with Gasteiger partial charge in [-0.1, -0.05) is 65.6 Å². The number of hydrogen-bond acceptors (Lipinski definition) is 6. The second kappa shape index (κ2) is 10.6. The van der Waals surface area contributed by atoms with E-state index in [1.54, 1.807) is 4.57 Å². The van der Waals surface area contributed by atoms with Crippen LogP contribution in [0.4, 0.5) is 0 Å². The molecule has 0 unspecified atom stereocenters. The molecule has 1 saturated heterocycles. The molecule has 0 bridgehead atoms. The Labute approximate surface area is 206 Å². The molecule has 2 aromatic heterocycles. The van der Waals surface area contributed by atoms with E-state index in [0.29, 0.717) is 18.8 Å². The van der Waals surface area contributed by atoms with E-state index in [0.717, 1.165) is 53.5 Å². The highest BCUT2D eigenvalue weighted by atomic mass is 32.2. The van der Waals surface area contributed by atoms with Gasteiger partial charge in [0, 0.05) is 19.6 Å². The Morgan fingerprint density at radius 1 is 0.941 bits per heavy atom. The van der Waals surface area contributed by atoms with Crippen LogP contribution in [0.2, 0.25) is 0 Å². The van der Waals surface area contributed by atoms with Crippen molar-refractivity contribution in [3.05, 3.63) is 75.7 Å². The number of aromatic nitrogens is 4. The minimum absolute atomic E-state index is 0.00621. The standard InChI is InChI=1S/C25H27N5O2S2/c31-23(28-14-7-2-8-15-28)18-33-24-27-26-22(29(24)16-13-19-9-3-1-4-10-19)17-30-20-11-5-6-12-21(20)34-25(30)32/h1,3-6,9-12H,2,7-8,13-18H2. The molecule has 7 nitrogen and oxygen atoms in total. The normalized spacial score (nSPS) is 14.1. The van der Waals surface area contributed by atoms with Gasteiger partial charge < -0.3 is 9.47 Å². The smallest absolute Gasteiger partial charge is 0.308 e. The highest BCUT2D eigenvalue weighted by molar-refractivity contribution is 7.99. The summed E-state index contributed by atoms with van der Waals surface area (Å²) in [4.78, 5) is 27.4. The fraction of sp³-hybridized carbons (Fsp3) is 0.360. The fourth-order valence-corrected chi connectivity index (χ4v) is 6.10. The molecule has 0 saturated carbocycles. The predicted molar refractivity (Wildman–Crippen MR) is 137 cm³/mol. The summed E-state index contributed by atoms with van der Waals surface area (Å²) < 4.78 is 4.79. The molecule has 1 fully saturated rings. The first-order chi connectivity index (χ1) is 16.7. The van der Waals surface area contributed by atoms with Crippen molar-refractivity contribution in [1.82, 2.24) is 24.2 Å². The number of para-hydroxylation sites is 1. The zero-order valence-electron chi connectivity index (χ0n) is 18.9. The Hall–Kier alpha value is -2.91. The van der Waals surface area contributed by atoms with Gasteiger partial charge in [0.15, 0.2) is 11.0 Å². The van der Waals surface area contributed by atoms with Gasteiger partial charge in [-0.3, -0.25) is 14.2 Å². The SMILES string of the molecule is O=C(CSc1nnc(Cn2c(=O)sc3ccccc32)n1CCc1ccccc1)N1CCCCC1. The Kier molecular flexibility index (Phi) is 7.10. The molecule has 2 aromatic carbocycles. The molecule has 0 atom stereocenters. The first-order valence-corrected chi connectivity index (χ1v) is 13.4. The third-order valence-corrected chi connectivity index (χ3v) is 8.08. The van der Waals surface area contributed by atoms with Crippen molar-refractivity contribution in [2.45, 2.75) is 43.9 Å². The molecule has 5 rings (SSSR count). The number of carbonyl (C=O) groups is 1. The Balaban J connectivity index is 1.38. The molecule has 4 aromatic rings. The lowest BCUT2D eigenvalue weighted by atomic mass is 10.1. The summed E-state index contributed by atoms with van der Waals surface area (Å²) in [5.74, 6) is 1.24. The summed E-state index contributed by atoms with van der Waals surface area (Å²) in [5, 5.41) is 9.61. The molecular weight excluding hydrogens is 466 g/mol. The number of likely N-dealkylation sites (tertiary alicyclic amines) is 1. The number of carbonyl (C=O) groups excluding carboxylic acids is 1. The van der Waals surface area contributed by atoms with Crippen molar-refractivity contribution in [1.29, 1.82) is 0 Å². The highest BCUT2D eigenvalue weighted by Gasteiger charge is 2.20. The summed E-state index contributed by atoms with van der Waals surface area (Å²) in [6.07, 6.45) is 4.18. The molecule has 1 aliphatic rings. The van der Waals surface area contributed by atoms with Crippen molar-refractivity contribution in [3.8, 4) is 0 Å². The number of hydrogen-bond donors (Lipinski definition) is 0. The van der Waals surface area contributed by atoms with Gasteiger partial charge in [-0.15, -0.1) is 10.2 Å². The van der Waals surface area contributed by atoms with E-state index in [1.807, 2.05) is 47.4 Å². The quantitative estimate of drug-likeness (QED) is 0.346. The number of rotatable bonds is 8. The average molecular weight is 494 g/mol. The molecule has 1 aliphatic heterocycles. The number of piperidine rings is 1. The Morgan fingerprint density at radius 2 is 1.71 bits per heavy atom. The minimum atomic E-state index is -0.00621. The van der Waals surface area contributed by atoms with E-state index < -0.39 is 0 Å². The summed E-state index contributed by atoms with van der Waals surface area (Å²) in [5.41, 5.74) is 2.13. The molecule has 9 heteroatoms. The van der Waals surface area contributed by atoms with Crippen LogP contribution in [-0.2, 0) is 24.3 Å². The second-order valence-corrected chi connectivity index (χ2v) is 10.4. The first-order valence-electron chi connectivity index (χ1n) is 11.6. The fourth-order valence-electron chi connectivity index (χ4n) is 4.32. The molecule has 34 heavy (non-hydrogen) atoms. The van der Waals surface area contributed by atoms with Crippen molar-refractivity contribution in [3.63, 3.8) is 0 Å². The van der Waals surface area contributed by atoms with E-state index in [-0.39, 0.29) is 10.8 Å². The van der Waals surface area contributed by atoms with Gasteiger partial charge >= 0.3 is 4.87 Å². The molecular formula is C25H27N5O2S2. The van der Waals surface area contributed by atoms with E-state index in [2.05, 4.69) is 26.9 Å². The Bertz CT molecular complexity index is 1320. The third-order valence-electron chi connectivity index (χ3n) is 6.17. The van der Waals surface area contributed by atoms with Crippen LogP contribution in [0.1, 0.15) is 30.7 Å². The topological polar surface area (TPSA) is 73.0 Å². The average Bonchev–Trinajstić information content (AvgIpc) is 3.42. The molecule has 0 N–H and O–H groups in total. The molecule has 176 valence electrons. The lowest BCUT2D eigenvalue weighted by Crippen LogP contribution is -2.36. The van der Waals surface area contributed by atoms with Crippen molar-refractivity contribution in [2.75, 3.05) is 18.8 Å². The lowest BCUT2D eigenvalue weighted by Gasteiger charge is -2.26. The van der Waals surface area contributed by atoms with Crippen LogP contribution in [0.3, 0.4) is 0 Å². The minimum Gasteiger partial charge on any atom is -0.342 e. The van der Waals surface area contributed by atoms with E-state index >= 15 is 0 Å². The van der Waals surface area contributed by atoms with Crippen LogP contribution in [0.25, 0.3) is 10.2 Å².